The van der Waals surface area contributed by atoms with Gasteiger partial charge in [-0.3, -0.25) is 0 Å². The van der Waals surface area contributed by atoms with E-state index in [1.165, 1.54) is 12.1 Å². The molecule has 2 nitrogen and oxygen atoms in total. The molecule has 0 aliphatic carbocycles. The third-order valence-electron chi connectivity index (χ3n) is 3.69. The molecule has 1 unspecified atom stereocenters. The number of benzene rings is 1. The van der Waals surface area contributed by atoms with Crippen molar-refractivity contribution in [2.45, 2.75) is 47.1 Å². The molecule has 0 radical (unpaired) electrons. The lowest BCUT2D eigenvalue weighted by Gasteiger charge is -2.36. The van der Waals surface area contributed by atoms with Crippen LogP contribution in [0.15, 0.2) is 24.3 Å². The summed E-state index contributed by atoms with van der Waals surface area (Å²) < 4.78 is 24.7. The fraction of sp³-hybridized carbons (Fsp3) is 0.625. The van der Waals surface area contributed by atoms with E-state index in [9.17, 15) is 4.39 Å². The van der Waals surface area contributed by atoms with Crippen LogP contribution in [0, 0.1) is 16.6 Å². The SMILES string of the molecule is CC(C)(C)CC(C)(C)C1COB(c2ccc(F)cc2)O1. The minimum atomic E-state index is -0.375. The van der Waals surface area contributed by atoms with Crippen LogP contribution < -0.4 is 5.46 Å². The topological polar surface area (TPSA) is 18.5 Å². The zero-order valence-electron chi connectivity index (χ0n) is 13.1. The van der Waals surface area contributed by atoms with Gasteiger partial charge >= 0.3 is 7.12 Å². The molecule has 1 aliphatic heterocycles. The van der Waals surface area contributed by atoms with E-state index in [0.29, 0.717) is 6.61 Å². The van der Waals surface area contributed by atoms with Gasteiger partial charge in [-0.1, -0.05) is 46.8 Å². The standard InChI is InChI=1S/C16H24BFO2/c1-15(2,3)11-16(4,5)14-10-19-17(20-14)12-6-8-13(18)9-7-12/h6-9,14H,10-11H2,1-5H3. The molecule has 0 bridgehead atoms. The van der Waals surface area contributed by atoms with E-state index < -0.39 is 0 Å². The normalized spacial score (nSPS) is 20.5. The van der Waals surface area contributed by atoms with Crippen molar-refractivity contribution < 1.29 is 13.7 Å². The minimum Gasteiger partial charge on any atom is -0.405 e. The summed E-state index contributed by atoms with van der Waals surface area (Å²) in [6.07, 6.45) is 1.13. The van der Waals surface area contributed by atoms with Gasteiger partial charge < -0.3 is 9.31 Å². The third-order valence-corrected chi connectivity index (χ3v) is 3.69. The van der Waals surface area contributed by atoms with Gasteiger partial charge in [0.25, 0.3) is 0 Å². The molecule has 2 rings (SSSR count). The Balaban J connectivity index is 2.03. The fourth-order valence-electron chi connectivity index (χ4n) is 3.09. The maximum Gasteiger partial charge on any atom is 0.494 e. The van der Waals surface area contributed by atoms with Crippen molar-refractivity contribution in [3.8, 4) is 0 Å². The van der Waals surface area contributed by atoms with E-state index in [-0.39, 0.29) is 29.9 Å². The predicted octanol–water partition coefficient (Wildman–Crippen LogP) is 3.40. The molecular formula is C16H24BFO2. The second-order valence-corrected chi connectivity index (χ2v) is 7.57. The first-order valence-electron chi connectivity index (χ1n) is 7.20. The van der Waals surface area contributed by atoms with Crippen LogP contribution in [0.5, 0.6) is 0 Å². The van der Waals surface area contributed by atoms with Crippen LogP contribution in [0.1, 0.15) is 41.0 Å². The van der Waals surface area contributed by atoms with E-state index in [1.54, 1.807) is 12.1 Å². The van der Waals surface area contributed by atoms with E-state index >= 15 is 0 Å². The lowest BCUT2D eigenvalue weighted by atomic mass is 9.72. The molecule has 0 aromatic heterocycles. The largest absolute Gasteiger partial charge is 0.494 e. The molecule has 4 heteroatoms. The van der Waals surface area contributed by atoms with Gasteiger partial charge in [0.05, 0.1) is 12.7 Å². The Bertz CT molecular complexity index is 451. The second-order valence-electron chi connectivity index (χ2n) is 7.57. The van der Waals surface area contributed by atoms with Crippen LogP contribution in [0.25, 0.3) is 0 Å². The molecule has 0 spiro atoms. The molecule has 1 aromatic carbocycles. The molecule has 110 valence electrons. The van der Waals surface area contributed by atoms with Crippen molar-refractivity contribution in [2.75, 3.05) is 6.61 Å². The Morgan fingerprint density at radius 1 is 1.15 bits per heavy atom. The Morgan fingerprint density at radius 2 is 1.75 bits per heavy atom. The van der Waals surface area contributed by atoms with Crippen molar-refractivity contribution in [3.63, 3.8) is 0 Å². The first kappa shape index (κ1) is 15.5. The molecule has 1 aromatic rings. The number of halogens is 1. The van der Waals surface area contributed by atoms with E-state index in [0.717, 1.165) is 11.9 Å². The molecule has 0 N–H and O–H groups in total. The van der Waals surface area contributed by atoms with Crippen molar-refractivity contribution in [2.24, 2.45) is 10.8 Å². The summed E-state index contributed by atoms with van der Waals surface area (Å²) in [6.45, 7) is 11.7. The van der Waals surface area contributed by atoms with Gasteiger partial charge in [0.1, 0.15) is 5.82 Å². The van der Waals surface area contributed by atoms with Gasteiger partial charge in [0.2, 0.25) is 0 Å². The van der Waals surface area contributed by atoms with Crippen LogP contribution >= 0.6 is 0 Å². The molecule has 1 fully saturated rings. The highest BCUT2D eigenvalue weighted by molar-refractivity contribution is 6.61. The number of rotatable bonds is 3. The van der Waals surface area contributed by atoms with Crippen molar-refractivity contribution in [1.82, 2.24) is 0 Å². The van der Waals surface area contributed by atoms with Crippen molar-refractivity contribution >= 4 is 12.6 Å². The third kappa shape index (κ3) is 3.83. The molecule has 0 amide bonds. The van der Waals surface area contributed by atoms with Gasteiger partial charge in [-0.05, 0) is 34.8 Å². The minimum absolute atomic E-state index is 0.0486. The zero-order valence-corrected chi connectivity index (χ0v) is 13.1. The number of hydrogen-bond donors (Lipinski definition) is 0. The van der Waals surface area contributed by atoms with Crippen LogP contribution in [-0.2, 0) is 9.31 Å². The van der Waals surface area contributed by atoms with Crippen LogP contribution in [-0.4, -0.2) is 19.8 Å². The fourth-order valence-corrected chi connectivity index (χ4v) is 3.09. The maximum absolute atomic E-state index is 12.9. The smallest absolute Gasteiger partial charge is 0.405 e. The Kier molecular flexibility index (Phi) is 4.26. The summed E-state index contributed by atoms with van der Waals surface area (Å²) in [5, 5.41) is 0. The Hall–Kier alpha value is -0.865. The lowest BCUT2D eigenvalue weighted by molar-refractivity contribution is 0.0546. The van der Waals surface area contributed by atoms with Crippen molar-refractivity contribution in [1.29, 1.82) is 0 Å². The molecule has 1 aliphatic rings. The summed E-state index contributed by atoms with van der Waals surface area (Å²) in [7, 11) is -0.375. The molecule has 1 atom stereocenters. The maximum atomic E-state index is 12.9. The van der Waals surface area contributed by atoms with E-state index in [2.05, 4.69) is 34.6 Å². The van der Waals surface area contributed by atoms with Crippen molar-refractivity contribution in [3.05, 3.63) is 30.1 Å². The lowest BCUT2D eigenvalue weighted by Crippen LogP contribution is -2.38. The summed E-state index contributed by atoms with van der Waals surface area (Å²) in [5.41, 5.74) is 1.17. The molecule has 0 saturated carbocycles. The first-order chi connectivity index (χ1) is 9.17. The van der Waals surface area contributed by atoms with E-state index in [4.69, 9.17) is 9.31 Å². The molecule has 1 heterocycles. The quantitative estimate of drug-likeness (QED) is 0.789. The highest BCUT2D eigenvalue weighted by Crippen LogP contribution is 2.38. The van der Waals surface area contributed by atoms with Gasteiger partial charge in [-0.25, -0.2) is 4.39 Å². The average Bonchev–Trinajstić information content (AvgIpc) is 2.76. The first-order valence-corrected chi connectivity index (χ1v) is 7.20. The summed E-state index contributed by atoms with van der Waals surface area (Å²) in [4.78, 5) is 0. The molecule has 20 heavy (non-hydrogen) atoms. The molecule has 1 saturated heterocycles. The number of hydrogen-bond acceptors (Lipinski definition) is 2. The van der Waals surface area contributed by atoms with Gasteiger partial charge in [-0.15, -0.1) is 0 Å². The van der Waals surface area contributed by atoms with Crippen LogP contribution in [0.2, 0.25) is 0 Å². The van der Waals surface area contributed by atoms with Gasteiger partial charge in [0, 0.05) is 0 Å². The average molecular weight is 278 g/mol. The Morgan fingerprint density at radius 3 is 2.30 bits per heavy atom. The van der Waals surface area contributed by atoms with Gasteiger partial charge in [0.15, 0.2) is 0 Å². The summed E-state index contributed by atoms with van der Waals surface area (Å²) in [5.74, 6) is -0.239. The second kappa shape index (κ2) is 5.49. The van der Waals surface area contributed by atoms with E-state index in [1.807, 2.05) is 0 Å². The van der Waals surface area contributed by atoms with Crippen LogP contribution in [0.4, 0.5) is 4.39 Å². The summed E-state index contributed by atoms with van der Waals surface area (Å²) in [6, 6.07) is 6.32. The highest BCUT2D eigenvalue weighted by Gasteiger charge is 2.42. The van der Waals surface area contributed by atoms with Gasteiger partial charge in [-0.2, -0.15) is 0 Å². The summed E-state index contributed by atoms with van der Waals surface area (Å²) >= 11 is 0. The van der Waals surface area contributed by atoms with Crippen LogP contribution in [0.3, 0.4) is 0 Å². The predicted molar refractivity (Wildman–Crippen MR) is 80.5 cm³/mol. The monoisotopic (exact) mass is 278 g/mol. The molecular weight excluding hydrogens is 254 g/mol. The highest BCUT2D eigenvalue weighted by atomic mass is 19.1. The Labute approximate surface area is 121 Å². The zero-order chi connectivity index (χ0) is 15.0.